The smallest absolute Gasteiger partial charge is 0.0583 e. The maximum atomic E-state index is 9.60. The summed E-state index contributed by atoms with van der Waals surface area (Å²) in [4.78, 5) is 0. The molecule has 0 aliphatic carbocycles. The second-order valence-electron chi connectivity index (χ2n) is 3.62. The van der Waals surface area contributed by atoms with Crippen molar-refractivity contribution in [3.8, 4) is 0 Å². The van der Waals surface area contributed by atoms with Crippen LogP contribution >= 0.6 is 11.3 Å². The molecule has 0 aromatic carbocycles. The maximum Gasteiger partial charge on any atom is 0.0583 e. The van der Waals surface area contributed by atoms with Gasteiger partial charge >= 0.3 is 0 Å². The molecule has 0 saturated heterocycles. The van der Waals surface area contributed by atoms with Crippen molar-refractivity contribution in [2.45, 2.75) is 32.8 Å². The summed E-state index contributed by atoms with van der Waals surface area (Å²) in [6.45, 7) is 4.27. The van der Waals surface area contributed by atoms with E-state index in [9.17, 15) is 5.11 Å². The molecule has 1 unspecified atom stereocenters. The van der Waals surface area contributed by atoms with Gasteiger partial charge in [-0.15, -0.1) is 0 Å². The van der Waals surface area contributed by atoms with Crippen molar-refractivity contribution in [1.29, 1.82) is 0 Å². The minimum atomic E-state index is -0.167. The van der Waals surface area contributed by atoms with Gasteiger partial charge in [-0.25, -0.2) is 0 Å². The van der Waals surface area contributed by atoms with E-state index in [4.69, 9.17) is 0 Å². The van der Waals surface area contributed by atoms with Crippen molar-refractivity contribution in [2.75, 3.05) is 0 Å². The molecule has 12 heavy (non-hydrogen) atoms. The van der Waals surface area contributed by atoms with Crippen LogP contribution < -0.4 is 0 Å². The van der Waals surface area contributed by atoms with E-state index in [0.717, 1.165) is 12.8 Å². The molecule has 1 N–H and O–H groups in total. The molecule has 1 aromatic rings. The Kier molecular flexibility index (Phi) is 3.76. The second-order valence-corrected chi connectivity index (χ2v) is 4.40. The van der Waals surface area contributed by atoms with Crippen LogP contribution in [0, 0.1) is 5.92 Å². The highest BCUT2D eigenvalue weighted by Crippen LogP contribution is 2.13. The average molecular weight is 184 g/mol. The summed E-state index contributed by atoms with van der Waals surface area (Å²) in [5.74, 6) is 0.582. The molecule has 0 fully saturated rings. The zero-order chi connectivity index (χ0) is 8.97. The first-order valence-electron chi connectivity index (χ1n) is 4.37. The van der Waals surface area contributed by atoms with Crippen LogP contribution in [0.2, 0.25) is 0 Å². The molecule has 0 aliphatic heterocycles. The van der Waals surface area contributed by atoms with E-state index in [2.05, 4.69) is 30.7 Å². The first-order chi connectivity index (χ1) is 5.68. The Morgan fingerprint density at radius 3 is 2.75 bits per heavy atom. The zero-order valence-corrected chi connectivity index (χ0v) is 8.47. The normalized spacial score (nSPS) is 13.7. The predicted octanol–water partition coefficient (Wildman–Crippen LogP) is 2.70. The molecule has 0 spiro atoms. The van der Waals surface area contributed by atoms with Gasteiger partial charge in [-0.1, -0.05) is 13.8 Å². The number of aliphatic hydroxyl groups is 1. The molecule has 1 aromatic heterocycles. The molecule has 1 nitrogen and oxygen atoms in total. The van der Waals surface area contributed by atoms with E-state index in [0.29, 0.717) is 5.92 Å². The predicted molar refractivity (Wildman–Crippen MR) is 53.5 cm³/mol. The van der Waals surface area contributed by atoms with Crippen molar-refractivity contribution in [2.24, 2.45) is 5.92 Å². The summed E-state index contributed by atoms with van der Waals surface area (Å²) < 4.78 is 0. The Morgan fingerprint density at radius 1 is 1.50 bits per heavy atom. The summed E-state index contributed by atoms with van der Waals surface area (Å²) in [6.07, 6.45) is 1.54. The van der Waals surface area contributed by atoms with Crippen molar-refractivity contribution in [3.63, 3.8) is 0 Å². The topological polar surface area (TPSA) is 20.2 Å². The second kappa shape index (κ2) is 4.63. The molecule has 0 saturated carbocycles. The average Bonchev–Trinajstić information content (AvgIpc) is 2.37. The fourth-order valence-corrected chi connectivity index (χ4v) is 1.99. The van der Waals surface area contributed by atoms with Gasteiger partial charge in [-0.05, 0) is 41.1 Å². The molecule has 1 heterocycles. The van der Waals surface area contributed by atoms with Gasteiger partial charge in [-0.2, -0.15) is 11.3 Å². The molecular formula is C10H16OS. The van der Waals surface area contributed by atoms with Gasteiger partial charge in [0.2, 0.25) is 0 Å². The fraction of sp³-hybridized carbons (Fsp3) is 0.600. The summed E-state index contributed by atoms with van der Waals surface area (Å²) in [5, 5.41) is 13.7. The van der Waals surface area contributed by atoms with Gasteiger partial charge in [0.05, 0.1) is 6.10 Å². The summed E-state index contributed by atoms with van der Waals surface area (Å²) in [6, 6.07) is 2.08. The zero-order valence-electron chi connectivity index (χ0n) is 7.66. The highest BCUT2D eigenvalue weighted by molar-refractivity contribution is 7.07. The van der Waals surface area contributed by atoms with Crippen molar-refractivity contribution in [3.05, 3.63) is 22.4 Å². The largest absolute Gasteiger partial charge is 0.393 e. The van der Waals surface area contributed by atoms with Gasteiger partial charge in [0.25, 0.3) is 0 Å². The Morgan fingerprint density at radius 2 is 2.25 bits per heavy atom. The molecule has 2 heteroatoms. The summed E-state index contributed by atoms with van der Waals surface area (Å²) >= 11 is 1.69. The molecule has 0 radical (unpaired) electrons. The minimum absolute atomic E-state index is 0.167. The fourth-order valence-electron chi connectivity index (χ4n) is 1.31. The van der Waals surface area contributed by atoms with Crippen molar-refractivity contribution < 1.29 is 5.11 Å². The van der Waals surface area contributed by atoms with Crippen LogP contribution in [0.15, 0.2) is 16.8 Å². The number of hydrogen-bond donors (Lipinski definition) is 1. The molecule has 0 bridgehead atoms. The van der Waals surface area contributed by atoms with Crippen molar-refractivity contribution in [1.82, 2.24) is 0 Å². The highest BCUT2D eigenvalue weighted by Gasteiger charge is 2.07. The SMILES string of the molecule is CC(C)CC(O)Cc1ccsc1. The lowest BCUT2D eigenvalue weighted by molar-refractivity contribution is 0.149. The Labute approximate surface area is 78.1 Å². The van der Waals surface area contributed by atoms with Crippen LogP contribution in [-0.4, -0.2) is 11.2 Å². The van der Waals surface area contributed by atoms with Gasteiger partial charge in [-0.3, -0.25) is 0 Å². The molecule has 68 valence electrons. The van der Waals surface area contributed by atoms with Gasteiger partial charge in [0.1, 0.15) is 0 Å². The van der Waals surface area contributed by atoms with E-state index in [-0.39, 0.29) is 6.10 Å². The first kappa shape index (κ1) is 9.75. The third-order valence-electron chi connectivity index (χ3n) is 1.79. The van der Waals surface area contributed by atoms with E-state index in [1.54, 1.807) is 11.3 Å². The summed E-state index contributed by atoms with van der Waals surface area (Å²) in [5.41, 5.74) is 1.26. The molecule has 1 atom stereocenters. The third-order valence-corrected chi connectivity index (χ3v) is 2.53. The van der Waals surface area contributed by atoms with E-state index < -0.39 is 0 Å². The van der Waals surface area contributed by atoms with Gasteiger partial charge < -0.3 is 5.11 Å². The highest BCUT2D eigenvalue weighted by atomic mass is 32.1. The minimum Gasteiger partial charge on any atom is -0.393 e. The van der Waals surface area contributed by atoms with Crippen LogP contribution in [-0.2, 0) is 6.42 Å². The van der Waals surface area contributed by atoms with Gasteiger partial charge in [0, 0.05) is 0 Å². The van der Waals surface area contributed by atoms with Crippen LogP contribution in [0.5, 0.6) is 0 Å². The molecule has 0 amide bonds. The third kappa shape index (κ3) is 3.37. The number of aliphatic hydroxyl groups excluding tert-OH is 1. The van der Waals surface area contributed by atoms with E-state index in [1.807, 2.05) is 0 Å². The summed E-state index contributed by atoms with van der Waals surface area (Å²) in [7, 11) is 0. The first-order valence-corrected chi connectivity index (χ1v) is 5.32. The number of thiophene rings is 1. The van der Waals surface area contributed by atoms with Crippen molar-refractivity contribution >= 4 is 11.3 Å². The van der Waals surface area contributed by atoms with E-state index >= 15 is 0 Å². The lowest BCUT2D eigenvalue weighted by Crippen LogP contribution is -2.12. The van der Waals surface area contributed by atoms with Gasteiger partial charge in [0.15, 0.2) is 0 Å². The Bertz CT molecular complexity index is 204. The quantitative estimate of drug-likeness (QED) is 0.762. The Hall–Kier alpha value is -0.340. The number of rotatable bonds is 4. The Balaban J connectivity index is 2.32. The standard InChI is InChI=1S/C10H16OS/c1-8(2)5-10(11)6-9-3-4-12-7-9/h3-4,7-8,10-11H,5-6H2,1-2H3. The number of hydrogen-bond acceptors (Lipinski definition) is 2. The van der Waals surface area contributed by atoms with Crippen LogP contribution in [0.25, 0.3) is 0 Å². The monoisotopic (exact) mass is 184 g/mol. The van der Waals surface area contributed by atoms with Crippen LogP contribution in [0.4, 0.5) is 0 Å². The molecule has 1 rings (SSSR count). The lowest BCUT2D eigenvalue weighted by Gasteiger charge is -2.11. The van der Waals surface area contributed by atoms with Crippen LogP contribution in [0.3, 0.4) is 0 Å². The lowest BCUT2D eigenvalue weighted by atomic mass is 10.0. The molecule has 0 aliphatic rings. The van der Waals surface area contributed by atoms with Crippen LogP contribution in [0.1, 0.15) is 25.8 Å². The molecular weight excluding hydrogens is 168 g/mol. The van der Waals surface area contributed by atoms with E-state index in [1.165, 1.54) is 5.56 Å². The maximum absolute atomic E-state index is 9.60.